The molecule has 2 atom stereocenters. The molecule has 0 saturated heterocycles. The van der Waals surface area contributed by atoms with Gasteiger partial charge in [0.1, 0.15) is 0 Å². The Morgan fingerprint density at radius 3 is 2.40 bits per heavy atom. The lowest BCUT2D eigenvalue weighted by molar-refractivity contribution is 0.944. The van der Waals surface area contributed by atoms with Crippen LogP contribution in [0, 0.1) is 0 Å². The Morgan fingerprint density at radius 1 is 0.867 bits per heavy atom. The van der Waals surface area contributed by atoms with Crippen LogP contribution in [0.25, 0.3) is 5.57 Å². The van der Waals surface area contributed by atoms with Crippen LogP contribution in [0.15, 0.2) is 104 Å². The highest BCUT2D eigenvalue weighted by Gasteiger charge is 2.22. The van der Waals surface area contributed by atoms with E-state index in [4.69, 9.17) is 0 Å². The Morgan fingerprint density at radius 2 is 1.60 bits per heavy atom. The van der Waals surface area contributed by atoms with Gasteiger partial charge in [-0.3, -0.25) is 20.0 Å². The van der Waals surface area contributed by atoms with Crippen molar-refractivity contribution in [2.75, 3.05) is 0 Å². The van der Waals surface area contributed by atoms with E-state index in [1.807, 2.05) is 67.9 Å². The Hall–Kier alpha value is -3.66. The topological polar surface area (TPSA) is 49.4 Å². The van der Waals surface area contributed by atoms with Crippen LogP contribution < -0.4 is 10.6 Å². The number of hydrogen-bond acceptors (Lipinski definition) is 4. The maximum absolute atomic E-state index is 4.69. The second-order valence-electron chi connectivity index (χ2n) is 7.58. The summed E-state index contributed by atoms with van der Waals surface area (Å²) in [5.74, 6) is 0. The Kier molecular flexibility index (Phi) is 4.68. The smallest absolute Gasteiger partial charge is 0.0943 e. The van der Waals surface area contributed by atoms with Gasteiger partial charge < -0.3 is 0 Å². The van der Waals surface area contributed by atoms with Crippen LogP contribution in [-0.4, -0.2) is 30.2 Å². The summed E-state index contributed by atoms with van der Waals surface area (Å²) in [6.07, 6.45) is 12.2. The molecule has 0 amide bonds. The first kappa shape index (κ1) is 18.4. The predicted octanol–water partition coefficient (Wildman–Crippen LogP) is 4.23. The number of benzene rings is 2. The van der Waals surface area contributed by atoms with E-state index < -0.39 is 0 Å². The fourth-order valence-electron chi connectivity index (χ4n) is 3.97. The molecule has 30 heavy (non-hydrogen) atoms. The van der Waals surface area contributed by atoms with Gasteiger partial charge in [-0.2, -0.15) is 0 Å². The number of para-hydroxylation sites is 1. The largest absolute Gasteiger partial charge is 0.277 e. The molecule has 2 heterocycles. The molecule has 0 radical (unpaired) electrons. The summed E-state index contributed by atoms with van der Waals surface area (Å²) in [5.41, 5.74) is 6.31. The summed E-state index contributed by atoms with van der Waals surface area (Å²) < 4.78 is 0. The Balaban J connectivity index is 1.35. The van der Waals surface area contributed by atoms with E-state index >= 15 is 0 Å². The fraction of sp³-hybridized carbons (Fsp3) is 0.154. The predicted molar refractivity (Wildman–Crippen MR) is 125 cm³/mol. The third-order valence-corrected chi connectivity index (χ3v) is 5.58. The number of fused-ring (bicyclic) bond motifs is 2. The van der Waals surface area contributed by atoms with Crippen molar-refractivity contribution in [3.63, 3.8) is 0 Å². The van der Waals surface area contributed by atoms with Gasteiger partial charge in [0.05, 0.1) is 28.8 Å². The average Bonchev–Trinajstić information content (AvgIpc) is 3.26. The zero-order valence-electron chi connectivity index (χ0n) is 17.0. The molecule has 2 aromatic carbocycles. The summed E-state index contributed by atoms with van der Waals surface area (Å²) in [6.45, 7) is 4.14. The second kappa shape index (κ2) is 7.64. The second-order valence-corrected chi connectivity index (χ2v) is 7.58. The molecule has 1 aliphatic carbocycles. The summed E-state index contributed by atoms with van der Waals surface area (Å²) in [6, 6.07) is 16.5. The van der Waals surface area contributed by atoms with Crippen LogP contribution in [0.2, 0.25) is 0 Å². The van der Waals surface area contributed by atoms with E-state index in [0.717, 1.165) is 33.6 Å². The van der Waals surface area contributed by atoms with E-state index in [1.165, 1.54) is 10.8 Å². The van der Waals surface area contributed by atoms with Crippen molar-refractivity contribution >= 4 is 35.1 Å². The van der Waals surface area contributed by atoms with Crippen molar-refractivity contribution in [1.82, 2.24) is 0 Å². The lowest BCUT2D eigenvalue weighted by Crippen LogP contribution is -2.22. The van der Waals surface area contributed by atoms with Gasteiger partial charge in [0.25, 0.3) is 0 Å². The van der Waals surface area contributed by atoms with Gasteiger partial charge in [-0.05, 0) is 49.8 Å². The number of aliphatic imine (C=N–C) groups is 3. The Labute approximate surface area is 175 Å². The molecule has 146 valence electrons. The number of allylic oxidation sites excluding steroid dienone is 3. The summed E-state index contributed by atoms with van der Waals surface area (Å²) in [4.78, 5) is 18.7. The SMILES string of the molecule is CC1=NC2C=CC=CC2=C1C=Nc1ccc(N=CC2=c3ccccc3=NC2C)cc1. The highest BCUT2D eigenvalue weighted by Crippen LogP contribution is 2.27. The molecule has 5 rings (SSSR count). The lowest BCUT2D eigenvalue weighted by Gasteiger charge is -2.07. The van der Waals surface area contributed by atoms with Gasteiger partial charge in [0.2, 0.25) is 0 Å². The fourth-order valence-corrected chi connectivity index (χ4v) is 3.97. The molecular weight excluding hydrogens is 368 g/mol. The zero-order chi connectivity index (χ0) is 20.5. The maximum Gasteiger partial charge on any atom is 0.0943 e. The highest BCUT2D eigenvalue weighted by molar-refractivity contribution is 6.18. The molecule has 0 N–H and O–H groups in total. The van der Waals surface area contributed by atoms with E-state index in [2.05, 4.69) is 51.2 Å². The van der Waals surface area contributed by atoms with E-state index in [9.17, 15) is 0 Å². The quantitative estimate of drug-likeness (QED) is 0.702. The minimum absolute atomic E-state index is 0.133. The molecule has 0 bridgehead atoms. The van der Waals surface area contributed by atoms with E-state index in [1.54, 1.807) is 0 Å². The van der Waals surface area contributed by atoms with Crippen LogP contribution in [0.1, 0.15) is 13.8 Å². The highest BCUT2D eigenvalue weighted by atomic mass is 14.8. The lowest BCUT2D eigenvalue weighted by atomic mass is 9.99. The minimum atomic E-state index is 0.133. The number of rotatable bonds is 4. The molecule has 3 aliphatic rings. The average molecular weight is 390 g/mol. The number of nitrogens with zero attached hydrogens (tertiary/aromatic N) is 4. The minimum Gasteiger partial charge on any atom is -0.277 e. The van der Waals surface area contributed by atoms with Crippen LogP contribution in [0.4, 0.5) is 11.4 Å². The van der Waals surface area contributed by atoms with Gasteiger partial charge >= 0.3 is 0 Å². The van der Waals surface area contributed by atoms with Gasteiger partial charge in [0, 0.05) is 34.5 Å². The molecule has 0 saturated carbocycles. The Bertz CT molecular complexity index is 1300. The van der Waals surface area contributed by atoms with Gasteiger partial charge in [0.15, 0.2) is 0 Å². The first-order valence-electron chi connectivity index (χ1n) is 10.2. The molecule has 2 aromatic rings. The molecule has 2 unspecified atom stereocenters. The summed E-state index contributed by atoms with van der Waals surface area (Å²) in [5, 5.41) is 2.21. The van der Waals surface area contributed by atoms with Crippen molar-refractivity contribution < 1.29 is 0 Å². The number of hydrogen-bond donors (Lipinski definition) is 0. The third kappa shape index (κ3) is 3.41. The van der Waals surface area contributed by atoms with Crippen molar-refractivity contribution in [3.05, 3.63) is 94.6 Å². The first-order valence-corrected chi connectivity index (χ1v) is 10.2. The van der Waals surface area contributed by atoms with Crippen molar-refractivity contribution in [1.29, 1.82) is 0 Å². The standard InChI is InChI=1S/C26H22N4/c1-17-23(21-7-3-5-9-25(21)29-17)15-27-19-11-13-20(14-12-19)28-16-24-18(2)30-26-10-6-4-8-22(24)26/h3-17,26H,1-2H3. The molecule has 4 nitrogen and oxygen atoms in total. The first-order chi connectivity index (χ1) is 14.7. The van der Waals surface area contributed by atoms with Crippen LogP contribution >= 0.6 is 0 Å². The normalized spacial score (nSPS) is 22.1. The maximum atomic E-state index is 4.69. The molecule has 4 heteroatoms. The molecule has 0 aromatic heterocycles. The van der Waals surface area contributed by atoms with Crippen molar-refractivity contribution in [2.24, 2.45) is 20.0 Å². The summed E-state index contributed by atoms with van der Waals surface area (Å²) >= 11 is 0. The molecular formula is C26H22N4. The van der Waals surface area contributed by atoms with Gasteiger partial charge in [-0.25, -0.2) is 0 Å². The summed E-state index contributed by atoms with van der Waals surface area (Å²) in [7, 11) is 0. The molecule has 0 spiro atoms. The van der Waals surface area contributed by atoms with Gasteiger partial charge in [-0.15, -0.1) is 0 Å². The monoisotopic (exact) mass is 390 g/mol. The zero-order valence-corrected chi connectivity index (χ0v) is 17.0. The van der Waals surface area contributed by atoms with Crippen LogP contribution in [-0.2, 0) is 0 Å². The van der Waals surface area contributed by atoms with Crippen molar-refractivity contribution in [2.45, 2.75) is 25.9 Å². The van der Waals surface area contributed by atoms with Gasteiger partial charge in [-0.1, -0.05) is 42.5 Å². The van der Waals surface area contributed by atoms with Crippen molar-refractivity contribution in [3.8, 4) is 0 Å². The third-order valence-electron chi connectivity index (χ3n) is 5.58. The molecule has 0 fully saturated rings. The molecule has 2 aliphatic heterocycles. The van der Waals surface area contributed by atoms with Crippen LogP contribution in [0.5, 0.6) is 0 Å². The van der Waals surface area contributed by atoms with E-state index in [-0.39, 0.29) is 12.1 Å². The van der Waals surface area contributed by atoms with Crippen LogP contribution in [0.3, 0.4) is 0 Å². The van der Waals surface area contributed by atoms with E-state index in [0.29, 0.717) is 0 Å².